The van der Waals surface area contributed by atoms with Crippen LogP contribution in [0.2, 0.25) is 0 Å². The zero-order chi connectivity index (χ0) is 14.5. The van der Waals surface area contributed by atoms with E-state index in [9.17, 15) is 0 Å². The number of fused-ring (bicyclic) bond motifs is 1. The van der Waals surface area contributed by atoms with Gasteiger partial charge in [-0.25, -0.2) is 0 Å². The van der Waals surface area contributed by atoms with E-state index in [0.717, 1.165) is 30.0 Å². The van der Waals surface area contributed by atoms with Crippen molar-refractivity contribution in [1.29, 1.82) is 0 Å². The molecule has 1 saturated carbocycles. The number of hydrogen-bond donors (Lipinski definition) is 0. The molecule has 2 nitrogen and oxygen atoms in total. The molecule has 1 aliphatic carbocycles. The highest BCUT2D eigenvalue weighted by atomic mass is 79.9. The van der Waals surface area contributed by atoms with Crippen LogP contribution in [0.4, 0.5) is 0 Å². The standard InChI is InChI=1S/C18H23BrN2/c19-10-12-21(17-6-2-1-3-7-17)14-15-8-9-18-16(13-15)5-4-11-20-18/h4-5,8-9,11,13,17H,1-3,6-7,10,12,14H2. The van der Waals surface area contributed by atoms with E-state index >= 15 is 0 Å². The Hall–Kier alpha value is -0.930. The molecule has 0 aliphatic heterocycles. The van der Waals surface area contributed by atoms with Crippen molar-refractivity contribution in [3.05, 3.63) is 42.1 Å². The SMILES string of the molecule is BrCCN(Cc1ccc2ncccc2c1)C1CCCCC1. The number of hydrogen-bond acceptors (Lipinski definition) is 2. The van der Waals surface area contributed by atoms with E-state index in [0.29, 0.717) is 0 Å². The first-order chi connectivity index (χ1) is 10.4. The first-order valence-corrected chi connectivity index (χ1v) is 9.12. The molecule has 1 aromatic heterocycles. The fourth-order valence-electron chi connectivity index (χ4n) is 3.40. The van der Waals surface area contributed by atoms with Crippen LogP contribution in [-0.4, -0.2) is 27.8 Å². The van der Waals surface area contributed by atoms with Gasteiger partial charge in [0, 0.05) is 36.0 Å². The van der Waals surface area contributed by atoms with Crippen LogP contribution in [0.25, 0.3) is 10.9 Å². The topological polar surface area (TPSA) is 16.1 Å². The van der Waals surface area contributed by atoms with Crippen molar-refractivity contribution in [3.8, 4) is 0 Å². The molecule has 0 bridgehead atoms. The number of nitrogens with zero attached hydrogens (tertiary/aromatic N) is 2. The Balaban J connectivity index is 1.76. The van der Waals surface area contributed by atoms with Crippen LogP contribution in [0.15, 0.2) is 36.5 Å². The lowest BCUT2D eigenvalue weighted by atomic mass is 9.94. The minimum Gasteiger partial charge on any atom is -0.295 e. The van der Waals surface area contributed by atoms with Crippen LogP contribution in [0.1, 0.15) is 37.7 Å². The van der Waals surface area contributed by atoms with Crippen molar-refractivity contribution in [2.24, 2.45) is 0 Å². The summed E-state index contributed by atoms with van der Waals surface area (Å²) >= 11 is 3.62. The first kappa shape index (κ1) is 15.0. The summed E-state index contributed by atoms with van der Waals surface area (Å²) in [7, 11) is 0. The molecular weight excluding hydrogens is 324 g/mol. The number of alkyl halides is 1. The van der Waals surface area contributed by atoms with Gasteiger partial charge in [-0.1, -0.05) is 47.3 Å². The molecule has 0 radical (unpaired) electrons. The van der Waals surface area contributed by atoms with Crippen LogP contribution in [0.5, 0.6) is 0 Å². The zero-order valence-electron chi connectivity index (χ0n) is 12.5. The molecule has 0 unspecified atom stereocenters. The maximum absolute atomic E-state index is 4.41. The number of aromatic nitrogens is 1. The predicted molar refractivity (Wildman–Crippen MR) is 92.8 cm³/mol. The van der Waals surface area contributed by atoms with E-state index in [4.69, 9.17) is 0 Å². The molecule has 0 amide bonds. The minimum absolute atomic E-state index is 0.765. The molecule has 21 heavy (non-hydrogen) atoms. The maximum Gasteiger partial charge on any atom is 0.0702 e. The van der Waals surface area contributed by atoms with Crippen LogP contribution in [-0.2, 0) is 6.54 Å². The molecule has 0 spiro atoms. The van der Waals surface area contributed by atoms with Gasteiger partial charge in [0.1, 0.15) is 0 Å². The van der Waals surface area contributed by atoms with Gasteiger partial charge in [0.2, 0.25) is 0 Å². The number of rotatable bonds is 5. The van der Waals surface area contributed by atoms with Crippen LogP contribution >= 0.6 is 15.9 Å². The van der Waals surface area contributed by atoms with Crippen molar-refractivity contribution in [2.75, 3.05) is 11.9 Å². The summed E-state index contributed by atoms with van der Waals surface area (Å²) in [5.41, 5.74) is 2.49. The summed E-state index contributed by atoms with van der Waals surface area (Å²) in [5, 5.41) is 2.30. The molecule has 2 aromatic rings. The molecule has 0 saturated heterocycles. The Kier molecular flexibility index (Phi) is 5.26. The molecule has 0 atom stereocenters. The van der Waals surface area contributed by atoms with E-state index < -0.39 is 0 Å². The van der Waals surface area contributed by atoms with Gasteiger partial charge in [-0.3, -0.25) is 9.88 Å². The Morgan fingerprint density at radius 3 is 2.81 bits per heavy atom. The smallest absolute Gasteiger partial charge is 0.0702 e. The Morgan fingerprint density at radius 1 is 1.14 bits per heavy atom. The van der Waals surface area contributed by atoms with Gasteiger partial charge in [-0.15, -0.1) is 0 Å². The molecule has 3 heteroatoms. The van der Waals surface area contributed by atoms with E-state index in [2.05, 4.69) is 50.1 Å². The lowest BCUT2D eigenvalue weighted by Crippen LogP contribution is -2.37. The number of pyridine rings is 1. The maximum atomic E-state index is 4.41. The summed E-state index contributed by atoms with van der Waals surface area (Å²) in [5.74, 6) is 0. The molecule has 1 heterocycles. The third kappa shape index (κ3) is 3.83. The highest BCUT2D eigenvalue weighted by Gasteiger charge is 2.20. The second kappa shape index (κ2) is 7.37. The second-order valence-corrected chi connectivity index (χ2v) is 6.77. The Bertz CT molecular complexity index is 578. The first-order valence-electron chi connectivity index (χ1n) is 8.00. The van der Waals surface area contributed by atoms with E-state index in [1.165, 1.54) is 43.1 Å². The molecule has 1 aromatic carbocycles. The van der Waals surface area contributed by atoms with Crippen LogP contribution in [0.3, 0.4) is 0 Å². The molecular formula is C18H23BrN2. The van der Waals surface area contributed by atoms with Crippen molar-refractivity contribution in [3.63, 3.8) is 0 Å². The predicted octanol–water partition coefficient (Wildman–Crippen LogP) is 4.76. The molecule has 112 valence electrons. The van der Waals surface area contributed by atoms with Crippen molar-refractivity contribution in [1.82, 2.24) is 9.88 Å². The fourth-order valence-corrected chi connectivity index (χ4v) is 3.86. The summed E-state index contributed by atoms with van der Waals surface area (Å²) < 4.78 is 0. The molecule has 1 aliphatic rings. The van der Waals surface area contributed by atoms with Crippen LogP contribution < -0.4 is 0 Å². The summed E-state index contributed by atoms with van der Waals surface area (Å²) in [6.45, 7) is 2.19. The average Bonchev–Trinajstić information content (AvgIpc) is 2.55. The summed E-state index contributed by atoms with van der Waals surface area (Å²) in [4.78, 5) is 7.06. The highest BCUT2D eigenvalue weighted by Crippen LogP contribution is 2.25. The number of benzene rings is 1. The third-order valence-corrected chi connectivity index (χ3v) is 4.87. The summed E-state index contributed by atoms with van der Waals surface area (Å²) in [6.07, 6.45) is 8.79. The summed E-state index contributed by atoms with van der Waals surface area (Å²) in [6, 6.07) is 11.6. The second-order valence-electron chi connectivity index (χ2n) is 5.98. The Morgan fingerprint density at radius 2 is 2.00 bits per heavy atom. The van der Waals surface area contributed by atoms with Gasteiger partial charge in [-0.2, -0.15) is 0 Å². The third-order valence-electron chi connectivity index (χ3n) is 4.52. The quantitative estimate of drug-likeness (QED) is 0.725. The van der Waals surface area contributed by atoms with Gasteiger partial charge < -0.3 is 0 Å². The largest absolute Gasteiger partial charge is 0.295 e. The average molecular weight is 347 g/mol. The molecule has 0 N–H and O–H groups in total. The van der Waals surface area contributed by atoms with Crippen molar-refractivity contribution >= 4 is 26.8 Å². The van der Waals surface area contributed by atoms with E-state index in [1.807, 2.05) is 12.3 Å². The molecule has 1 fully saturated rings. The highest BCUT2D eigenvalue weighted by molar-refractivity contribution is 9.09. The minimum atomic E-state index is 0.765. The van der Waals surface area contributed by atoms with Gasteiger partial charge >= 0.3 is 0 Å². The van der Waals surface area contributed by atoms with E-state index in [1.54, 1.807) is 0 Å². The Labute approximate surface area is 135 Å². The van der Waals surface area contributed by atoms with E-state index in [-0.39, 0.29) is 0 Å². The zero-order valence-corrected chi connectivity index (χ0v) is 14.1. The van der Waals surface area contributed by atoms with Crippen molar-refractivity contribution < 1.29 is 0 Å². The number of halogens is 1. The monoisotopic (exact) mass is 346 g/mol. The van der Waals surface area contributed by atoms with Gasteiger partial charge in [0.15, 0.2) is 0 Å². The molecule has 3 rings (SSSR count). The fraction of sp³-hybridized carbons (Fsp3) is 0.500. The van der Waals surface area contributed by atoms with Crippen molar-refractivity contribution in [2.45, 2.75) is 44.7 Å². The van der Waals surface area contributed by atoms with Gasteiger partial charge in [0.25, 0.3) is 0 Å². The lowest BCUT2D eigenvalue weighted by Gasteiger charge is -2.34. The normalized spacial score (nSPS) is 16.7. The van der Waals surface area contributed by atoms with Gasteiger partial charge in [0.05, 0.1) is 5.52 Å². The van der Waals surface area contributed by atoms with Crippen LogP contribution in [0, 0.1) is 0 Å². The lowest BCUT2D eigenvalue weighted by molar-refractivity contribution is 0.158. The van der Waals surface area contributed by atoms with Gasteiger partial charge in [-0.05, 0) is 36.6 Å².